The molecule has 1 nitrogen and oxygen atoms in total. The molecule has 212 valence electrons. The molecule has 0 spiro atoms. The van der Waals surface area contributed by atoms with Crippen molar-refractivity contribution >= 4 is 41.1 Å². The summed E-state index contributed by atoms with van der Waals surface area (Å²) in [6, 6.07) is 0. The van der Waals surface area contributed by atoms with Crippen molar-refractivity contribution in [3.8, 4) is 0 Å². The molecule has 0 aliphatic heterocycles. The van der Waals surface area contributed by atoms with Crippen molar-refractivity contribution < 1.29 is 4.79 Å². The molecule has 0 aromatic heterocycles. The topological polar surface area (TPSA) is 17.1 Å². The minimum atomic E-state index is 0.283. The highest BCUT2D eigenvalue weighted by Crippen LogP contribution is 2.48. The zero-order valence-electron chi connectivity index (χ0n) is 24.3. The van der Waals surface area contributed by atoms with E-state index in [1.54, 1.807) is 11.8 Å². The van der Waals surface area contributed by atoms with Gasteiger partial charge in [0.2, 0.25) is 0 Å². The minimum Gasteiger partial charge on any atom is -0.294 e. The number of hydrogen-bond donors (Lipinski definition) is 0. The zero-order chi connectivity index (χ0) is 28.0. The monoisotopic (exact) mass is 580 g/mol. The first-order valence-electron chi connectivity index (χ1n) is 14.8. The van der Waals surface area contributed by atoms with Crippen LogP contribution >= 0.6 is 35.3 Å². The highest BCUT2D eigenvalue weighted by Gasteiger charge is 2.37. The molecule has 0 aromatic carbocycles. The minimum absolute atomic E-state index is 0.283. The summed E-state index contributed by atoms with van der Waals surface area (Å²) in [6.07, 6.45) is 25.6. The Hall–Kier alpha value is -1.36. The first-order valence-corrected chi connectivity index (χ1v) is 17.6. The van der Waals surface area contributed by atoms with Gasteiger partial charge in [-0.05, 0) is 73.5 Å². The fraction of sp³-hybridized carbons (Fsp3) is 0.514. The molecule has 0 heterocycles. The molecule has 2 unspecified atom stereocenters. The van der Waals surface area contributed by atoms with E-state index >= 15 is 0 Å². The molecule has 3 aliphatic rings. The molecule has 0 N–H and O–H groups in total. The van der Waals surface area contributed by atoms with Crippen LogP contribution < -0.4 is 0 Å². The molecule has 0 saturated heterocycles. The lowest BCUT2D eigenvalue weighted by Crippen LogP contribution is -2.15. The van der Waals surface area contributed by atoms with E-state index in [1.165, 1.54) is 30.8 Å². The number of carbonyl (C=O) groups is 1. The Morgan fingerprint density at radius 1 is 1.00 bits per heavy atom. The third-order valence-electron chi connectivity index (χ3n) is 7.63. The van der Waals surface area contributed by atoms with Crippen LogP contribution in [0.4, 0.5) is 0 Å². The van der Waals surface area contributed by atoms with Gasteiger partial charge in [-0.15, -0.1) is 23.5 Å². The molecule has 2 atom stereocenters. The highest BCUT2D eigenvalue weighted by atomic mass is 32.2. The molecule has 0 bridgehead atoms. The molecule has 0 amide bonds. The van der Waals surface area contributed by atoms with Gasteiger partial charge >= 0.3 is 0 Å². The van der Waals surface area contributed by atoms with Gasteiger partial charge in [0.05, 0.1) is 0 Å². The van der Waals surface area contributed by atoms with Crippen LogP contribution in [0.25, 0.3) is 0 Å². The normalized spacial score (nSPS) is 19.7. The second kappa shape index (κ2) is 17.5. The predicted octanol–water partition coefficient (Wildman–Crippen LogP) is 11.5. The Bertz CT molecular complexity index is 1050. The number of ketones is 1. The molecule has 0 radical (unpaired) electrons. The van der Waals surface area contributed by atoms with Crippen molar-refractivity contribution in [2.75, 3.05) is 11.5 Å². The van der Waals surface area contributed by atoms with E-state index in [0.717, 1.165) is 81.3 Å². The van der Waals surface area contributed by atoms with Gasteiger partial charge in [-0.25, -0.2) is 0 Å². The van der Waals surface area contributed by atoms with Crippen molar-refractivity contribution in [1.29, 1.82) is 0 Å². The van der Waals surface area contributed by atoms with E-state index in [9.17, 15) is 4.79 Å². The SMILES string of the molecule is C=C(CCSC1=CC=CCC1)CC1=C(SC(=C)CCC)C(C(CC)CC(=C)CCSC2=CCCC=C2)CC1=O. The fourth-order valence-electron chi connectivity index (χ4n) is 5.39. The van der Waals surface area contributed by atoms with E-state index in [1.807, 2.05) is 23.5 Å². The third kappa shape index (κ3) is 10.9. The average molecular weight is 581 g/mol. The summed E-state index contributed by atoms with van der Waals surface area (Å²) in [5.41, 5.74) is 3.52. The highest BCUT2D eigenvalue weighted by molar-refractivity contribution is 8.06. The van der Waals surface area contributed by atoms with Gasteiger partial charge in [0.25, 0.3) is 0 Å². The first kappa shape index (κ1) is 32.2. The third-order valence-corrected chi connectivity index (χ3v) is 11.1. The Labute approximate surface area is 251 Å². The lowest BCUT2D eigenvalue weighted by Gasteiger charge is -2.26. The summed E-state index contributed by atoms with van der Waals surface area (Å²) in [5, 5.41) is 0. The van der Waals surface area contributed by atoms with Gasteiger partial charge < -0.3 is 0 Å². The molecule has 0 aromatic rings. The molecule has 0 saturated carbocycles. The van der Waals surface area contributed by atoms with E-state index < -0.39 is 0 Å². The number of Topliss-reactive ketones (excluding diaryl/α,β-unsaturated/α-hetero) is 1. The predicted molar refractivity (Wildman–Crippen MR) is 180 cm³/mol. The van der Waals surface area contributed by atoms with Crippen LogP contribution in [0, 0.1) is 11.8 Å². The van der Waals surface area contributed by atoms with Gasteiger partial charge in [-0.1, -0.05) is 106 Å². The summed E-state index contributed by atoms with van der Waals surface area (Å²) >= 11 is 5.69. The maximum Gasteiger partial charge on any atom is 0.160 e. The Morgan fingerprint density at radius 3 is 2.49 bits per heavy atom. The number of rotatable bonds is 18. The lowest BCUT2D eigenvalue weighted by molar-refractivity contribution is -0.115. The molecular formula is C35H48OS3. The van der Waals surface area contributed by atoms with Gasteiger partial charge in [0.15, 0.2) is 5.78 Å². The first-order chi connectivity index (χ1) is 18.9. The maximum absolute atomic E-state index is 13.4. The van der Waals surface area contributed by atoms with Crippen LogP contribution in [0.2, 0.25) is 0 Å². The molecule has 3 aliphatic carbocycles. The summed E-state index contributed by atoms with van der Waals surface area (Å²) in [7, 11) is 0. The van der Waals surface area contributed by atoms with Gasteiger partial charge in [0.1, 0.15) is 0 Å². The van der Waals surface area contributed by atoms with Gasteiger partial charge in [-0.3, -0.25) is 4.79 Å². The van der Waals surface area contributed by atoms with Crippen LogP contribution in [0.3, 0.4) is 0 Å². The van der Waals surface area contributed by atoms with Crippen molar-refractivity contribution in [2.45, 2.75) is 90.9 Å². The fourth-order valence-corrected chi connectivity index (χ4v) is 8.88. The van der Waals surface area contributed by atoms with E-state index in [2.05, 4.69) is 70.0 Å². The van der Waals surface area contributed by atoms with E-state index in [4.69, 9.17) is 0 Å². The zero-order valence-corrected chi connectivity index (χ0v) is 26.7. The largest absolute Gasteiger partial charge is 0.294 e. The summed E-state index contributed by atoms with van der Waals surface area (Å²) in [5.74, 6) is 3.18. The van der Waals surface area contributed by atoms with Crippen LogP contribution in [0.5, 0.6) is 0 Å². The summed E-state index contributed by atoms with van der Waals surface area (Å²) in [6.45, 7) is 17.7. The van der Waals surface area contributed by atoms with Crippen LogP contribution in [-0.2, 0) is 4.79 Å². The standard InChI is InChI=1S/C35H48OS3/c1-6-14-28(5)39-35-32(29(7-2)23-26(3)19-21-37-30-15-10-8-11-16-30)25-34(36)33(35)24-27(4)20-22-38-31-17-12-9-13-18-31/h9-10,12,15-17,29,32H,3-8,11,13-14,18-25H2,1-2H3. The Balaban J connectivity index is 1.63. The van der Waals surface area contributed by atoms with Crippen molar-refractivity contribution in [3.63, 3.8) is 0 Å². The second-order valence-corrected chi connectivity index (χ2v) is 14.5. The second-order valence-electron chi connectivity index (χ2n) is 10.9. The van der Waals surface area contributed by atoms with Crippen molar-refractivity contribution in [3.05, 3.63) is 92.5 Å². The molecule has 3 rings (SSSR count). The van der Waals surface area contributed by atoms with Crippen molar-refractivity contribution in [1.82, 2.24) is 0 Å². The molecule has 4 heteroatoms. The Kier molecular flexibility index (Phi) is 14.4. The summed E-state index contributed by atoms with van der Waals surface area (Å²) < 4.78 is 0. The van der Waals surface area contributed by atoms with Crippen LogP contribution in [0.1, 0.15) is 90.9 Å². The maximum atomic E-state index is 13.4. The Morgan fingerprint density at radius 2 is 1.79 bits per heavy atom. The number of thioether (sulfide) groups is 3. The average Bonchev–Trinajstić information content (AvgIpc) is 3.22. The van der Waals surface area contributed by atoms with Crippen LogP contribution in [0.15, 0.2) is 92.5 Å². The van der Waals surface area contributed by atoms with E-state index in [-0.39, 0.29) is 5.92 Å². The van der Waals surface area contributed by atoms with Crippen LogP contribution in [-0.4, -0.2) is 17.3 Å². The number of hydrogen-bond acceptors (Lipinski definition) is 4. The smallest absolute Gasteiger partial charge is 0.160 e. The quantitative estimate of drug-likeness (QED) is 0.150. The van der Waals surface area contributed by atoms with Crippen molar-refractivity contribution in [2.24, 2.45) is 11.8 Å². The van der Waals surface area contributed by atoms with Gasteiger partial charge in [0, 0.05) is 39.2 Å². The molecular weight excluding hydrogens is 533 g/mol. The number of allylic oxidation sites excluding steroid dienone is 12. The number of carbonyl (C=O) groups excluding carboxylic acids is 1. The summed E-state index contributed by atoms with van der Waals surface area (Å²) in [4.78, 5) is 18.8. The lowest BCUT2D eigenvalue weighted by atomic mass is 9.84. The molecule has 0 fully saturated rings. The van der Waals surface area contributed by atoms with Gasteiger partial charge in [-0.2, -0.15) is 0 Å². The van der Waals surface area contributed by atoms with E-state index in [0.29, 0.717) is 24.5 Å². The molecule has 39 heavy (non-hydrogen) atoms.